The maximum absolute atomic E-state index is 9.67. The summed E-state index contributed by atoms with van der Waals surface area (Å²) >= 11 is 0. The van der Waals surface area contributed by atoms with Gasteiger partial charge >= 0.3 is 0 Å². The number of ether oxygens (including phenoxy) is 1. The highest BCUT2D eigenvalue weighted by atomic mass is 16.5. The van der Waals surface area contributed by atoms with Gasteiger partial charge in [0.15, 0.2) is 0 Å². The molecule has 24 heavy (non-hydrogen) atoms. The number of benzene rings is 1. The van der Waals surface area contributed by atoms with Crippen LogP contribution in [0, 0.1) is 17.2 Å². The molecular formula is C19H18N4O. The molecule has 2 aromatic rings. The first kappa shape index (κ1) is 14.6. The van der Waals surface area contributed by atoms with Crippen molar-refractivity contribution in [3.63, 3.8) is 0 Å². The minimum atomic E-state index is -0.0855. The number of hydrogen-bond donors (Lipinski definition) is 2. The highest BCUT2D eigenvalue weighted by molar-refractivity contribution is 5.69. The number of nitriles is 1. The van der Waals surface area contributed by atoms with E-state index in [0.29, 0.717) is 17.4 Å². The van der Waals surface area contributed by atoms with E-state index in [1.165, 1.54) is 0 Å². The molecule has 0 saturated carbocycles. The van der Waals surface area contributed by atoms with Gasteiger partial charge < -0.3 is 10.5 Å². The maximum Gasteiger partial charge on any atom is 0.244 e. The van der Waals surface area contributed by atoms with Crippen molar-refractivity contribution < 1.29 is 4.74 Å². The molecule has 2 atom stereocenters. The molecule has 5 heteroatoms. The lowest BCUT2D eigenvalue weighted by Gasteiger charge is -2.31. The molecular weight excluding hydrogens is 300 g/mol. The fraction of sp³-hybridized carbons (Fsp3) is 0.263. The Morgan fingerprint density at radius 1 is 1.25 bits per heavy atom. The summed E-state index contributed by atoms with van der Waals surface area (Å²) in [6.45, 7) is 0. The zero-order valence-electron chi connectivity index (χ0n) is 13.2. The number of aromatic nitrogens is 2. The van der Waals surface area contributed by atoms with Gasteiger partial charge in [-0.3, -0.25) is 5.10 Å². The molecule has 2 aliphatic rings. The van der Waals surface area contributed by atoms with E-state index in [0.717, 1.165) is 36.1 Å². The number of allylic oxidation sites excluding steroid dienone is 3. The Morgan fingerprint density at radius 2 is 2.08 bits per heavy atom. The van der Waals surface area contributed by atoms with Gasteiger partial charge in [0.2, 0.25) is 11.8 Å². The van der Waals surface area contributed by atoms with E-state index in [1.54, 1.807) is 0 Å². The maximum atomic E-state index is 9.67. The van der Waals surface area contributed by atoms with Crippen LogP contribution in [0.3, 0.4) is 0 Å². The Bertz CT molecular complexity index is 857. The third kappa shape index (κ3) is 2.28. The number of nitrogens with zero attached hydrogens (tertiary/aromatic N) is 2. The highest BCUT2D eigenvalue weighted by Gasteiger charge is 2.38. The fourth-order valence-corrected chi connectivity index (χ4v) is 3.70. The highest BCUT2D eigenvalue weighted by Crippen LogP contribution is 2.48. The minimum Gasteiger partial charge on any atom is -0.420 e. The van der Waals surface area contributed by atoms with Gasteiger partial charge in [0, 0.05) is 5.92 Å². The Kier molecular flexibility index (Phi) is 3.58. The van der Waals surface area contributed by atoms with Crippen LogP contribution in [0.4, 0.5) is 0 Å². The van der Waals surface area contributed by atoms with E-state index in [2.05, 4.69) is 28.4 Å². The van der Waals surface area contributed by atoms with Gasteiger partial charge in [0.05, 0.1) is 16.8 Å². The SMILES string of the molecule is N#CC1=C(N)Oc2n[nH]c(-c3ccccc3)c2[C@H]1[C@H]1CC=CCC1. The topological polar surface area (TPSA) is 87.7 Å². The predicted molar refractivity (Wildman–Crippen MR) is 90.7 cm³/mol. The molecule has 0 saturated heterocycles. The first-order valence-corrected chi connectivity index (χ1v) is 8.16. The second-order valence-electron chi connectivity index (χ2n) is 6.20. The second kappa shape index (κ2) is 5.89. The molecule has 0 bridgehead atoms. The standard InChI is InChI=1S/C19H18N4O/c20-11-14-15(12-7-3-1-4-8-12)16-17(13-9-5-2-6-10-13)22-23-19(16)24-18(14)21/h1-3,5-6,9-10,12,15H,4,7-8,21H2,(H,22,23)/t12-,15-/m0/s1. The molecule has 1 aliphatic heterocycles. The van der Waals surface area contributed by atoms with E-state index in [-0.39, 0.29) is 11.8 Å². The molecule has 0 radical (unpaired) electrons. The van der Waals surface area contributed by atoms with Crippen molar-refractivity contribution >= 4 is 0 Å². The molecule has 1 aromatic heterocycles. The molecule has 0 fully saturated rings. The molecule has 1 aromatic carbocycles. The molecule has 2 heterocycles. The van der Waals surface area contributed by atoms with Crippen LogP contribution in [0.25, 0.3) is 11.3 Å². The van der Waals surface area contributed by atoms with Gasteiger partial charge in [0.25, 0.3) is 0 Å². The lowest BCUT2D eigenvalue weighted by Crippen LogP contribution is -2.25. The monoisotopic (exact) mass is 318 g/mol. The van der Waals surface area contributed by atoms with Crippen LogP contribution >= 0.6 is 0 Å². The summed E-state index contributed by atoms with van der Waals surface area (Å²) in [5.41, 5.74) is 9.42. The van der Waals surface area contributed by atoms with Crippen molar-refractivity contribution in [2.24, 2.45) is 11.7 Å². The third-order valence-corrected chi connectivity index (χ3v) is 4.83. The summed E-state index contributed by atoms with van der Waals surface area (Å²) in [7, 11) is 0. The third-order valence-electron chi connectivity index (χ3n) is 4.83. The molecule has 120 valence electrons. The average Bonchev–Trinajstić information content (AvgIpc) is 3.05. The first-order chi connectivity index (χ1) is 11.8. The average molecular weight is 318 g/mol. The van der Waals surface area contributed by atoms with Crippen LogP contribution in [0.1, 0.15) is 30.7 Å². The number of rotatable bonds is 2. The smallest absolute Gasteiger partial charge is 0.244 e. The zero-order chi connectivity index (χ0) is 16.5. The number of hydrogen-bond acceptors (Lipinski definition) is 4. The zero-order valence-corrected chi connectivity index (χ0v) is 13.2. The quantitative estimate of drug-likeness (QED) is 0.828. The van der Waals surface area contributed by atoms with Crippen molar-refractivity contribution in [1.29, 1.82) is 5.26 Å². The van der Waals surface area contributed by atoms with Gasteiger partial charge in [-0.15, -0.1) is 5.10 Å². The van der Waals surface area contributed by atoms with E-state index in [9.17, 15) is 5.26 Å². The number of nitrogens with one attached hydrogen (secondary N) is 1. The lowest BCUT2D eigenvalue weighted by atomic mass is 9.74. The summed E-state index contributed by atoms with van der Waals surface area (Å²) in [4.78, 5) is 0. The lowest BCUT2D eigenvalue weighted by molar-refractivity contribution is 0.340. The van der Waals surface area contributed by atoms with Crippen molar-refractivity contribution in [2.75, 3.05) is 0 Å². The van der Waals surface area contributed by atoms with Gasteiger partial charge in [0.1, 0.15) is 6.07 Å². The van der Waals surface area contributed by atoms with E-state index < -0.39 is 0 Å². The Labute approximate surface area is 140 Å². The van der Waals surface area contributed by atoms with Crippen molar-refractivity contribution in [3.8, 4) is 23.2 Å². The van der Waals surface area contributed by atoms with Gasteiger partial charge in [-0.25, -0.2) is 0 Å². The number of H-pyrrole nitrogens is 1. The van der Waals surface area contributed by atoms with Gasteiger partial charge in [-0.2, -0.15) is 5.26 Å². The second-order valence-corrected chi connectivity index (χ2v) is 6.20. The summed E-state index contributed by atoms with van der Waals surface area (Å²) in [6, 6.07) is 12.3. The Hall–Kier alpha value is -3.00. The van der Waals surface area contributed by atoms with Crippen LogP contribution in [-0.4, -0.2) is 10.2 Å². The Morgan fingerprint density at radius 3 is 2.79 bits per heavy atom. The van der Waals surface area contributed by atoms with Crippen LogP contribution in [-0.2, 0) is 0 Å². The van der Waals surface area contributed by atoms with Crippen LogP contribution < -0.4 is 10.5 Å². The summed E-state index contributed by atoms with van der Waals surface area (Å²) in [5, 5.41) is 17.1. The molecule has 1 aliphatic carbocycles. The number of aromatic amines is 1. The van der Waals surface area contributed by atoms with Crippen LogP contribution in [0.5, 0.6) is 5.88 Å². The first-order valence-electron chi connectivity index (χ1n) is 8.16. The molecule has 0 unspecified atom stereocenters. The Balaban J connectivity index is 1.87. The normalized spacial score (nSPS) is 22.6. The molecule has 0 amide bonds. The van der Waals surface area contributed by atoms with Crippen molar-refractivity contribution in [1.82, 2.24) is 10.2 Å². The predicted octanol–water partition coefficient (Wildman–Crippen LogP) is 3.60. The van der Waals surface area contributed by atoms with E-state index in [1.807, 2.05) is 30.3 Å². The van der Waals surface area contributed by atoms with Gasteiger partial charge in [-0.05, 0) is 30.7 Å². The molecule has 4 rings (SSSR count). The molecule has 3 N–H and O–H groups in total. The van der Waals surface area contributed by atoms with Crippen LogP contribution in [0.2, 0.25) is 0 Å². The van der Waals surface area contributed by atoms with Crippen molar-refractivity contribution in [3.05, 3.63) is 59.5 Å². The van der Waals surface area contributed by atoms with E-state index >= 15 is 0 Å². The minimum absolute atomic E-state index is 0.0855. The summed E-state index contributed by atoms with van der Waals surface area (Å²) in [5.74, 6) is 0.907. The van der Waals surface area contributed by atoms with Crippen LogP contribution in [0.15, 0.2) is 53.9 Å². The number of fused-ring (bicyclic) bond motifs is 1. The largest absolute Gasteiger partial charge is 0.420 e. The summed E-state index contributed by atoms with van der Waals surface area (Å²) in [6.07, 6.45) is 7.37. The van der Waals surface area contributed by atoms with Gasteiger partial charge in [-0.1, -0.05) is 42.5 Å². The number of nitrogens with two attached hydrogens (primary N) is 1. The van der Waals surface area contributed by atoms with Crippen molar-refractivity contribution in [2.45, 2.75) is 25.2 Å². The summed E-state index contributed by atoms with van der Waals surface area (Å²) < 4.78 is 5.63. The molecule has 5 nitrogen and oxygen atoms in total. The fourth-order valence-electron chi connectivity index (χ4n) is 3.70. The van der Waals surface area contributed by atoms with E-state index in [4.69, 9.17) is 10.5 Å². The molecule has 0 spiro atoms.